The third-order valence-corrected chi connectivity index (χ3v) is 2.82. The molecule has 1 aromatic rings. The van der Waals surface area contributed by atoms with E-state index in [9.17, 15) is 9.18 Å². The number of carbonyl (C=O) groups is 1. The molecule has 0 spiro atoms. The molecule has 1 aromatic carbocycles. The lowest BCUT2D eigenvalue weighted by Crippen LogP contribution is -1.90. The first kappa shape index (κ1) is 11.7. The average Bonchev–Trinajstić information content (AvgIpc) is 2.14. The summed E-state index contributed by atoms with van der Waals surface area (Å²) in [6, 6.07) is 2.93. The van der Waals surface area contributed by atoms with Crippen molar-refractivity contribution in [2.75, 3.05) is 0 Å². The third-order valence-electron chi connectivity index (χ3n) is 1.86. The first-order valence-corrected chi connectivity index (χ1v) is 5.39. The lowest BCUT2D eigenvalue weighted by molar-refractivity contribution is -0.107. The summed E-state index contributed by atoms with van der Waals surface area (Å²) < 4.78 is 13.5. The fourth-order valence-electron chi connectivity index (χ4n) is 1.13. The SMILES string of the molecule is O=CCCCc1cc(F)c(Br)cc1Cl. The summed E-state index contributed by atoms with van der Waals surface area (Å²) in [5.41, 5.74) is 0.745. The van der Waals surface area contributed by atoms with Crippen LogP contribution in [0.15, 0.2) is 16.6 Å². The molecule has 0 unspecified atom stereocenters. The van der Waals surface area contributed by atoms with Gasteiger partial charge < -0.3 is 4.79 Å². The number of aryl methyl sites for hydroxylation is 1. The van der Waals surface area contributed by atoms with E-state index in [4.69, 9.17) is 11.6 Å². The maximum atomic E-state index is 13.1. The molecule has 0 atom stereocenters. The van der Waals surface area contributed by atoms with Crippen molar-refractivity contribution in [3.8, 4) is 0 Å². The molecule has 1 rings (SSSR count). The minimum Gasteiger partial charge on any atom is -0.303 e. The highest BCUT2D eigenvalue weighted by Gasteiger charge is 2.06. The largest absolute Gasteiger partial charge is 0.303 e. The van der Waals surface area contributed by atoms with Crippen molar-refractivity contribution in [1.82, 2.24) is 0 Å². The van der Waals surface area contributed by atoms with Gasteiger partial charge in [-0.05, 0) is 46.5 Å². The van der Waals surface area contributed by atoms with Gasteiger partial charge in [0.05, 0.1) is 4.47 Å². The van der Waals surface area contributed by atoms with Gasteiger partial charge in [-0.15, -0.1) is 0 Å². The van der Waals surface area contributed by atoms with E-state index in [0.717, 1.165) is 11.8 Å². The number of hydrogen-bond donors (Lipinski definition) is 0. The Hall–Kier alpha value is -0.410. The molecule has 76 valence electrons. The van der Waals surface area contributed by atoms with E-state index in [1.807, 2.05) is 0 Å². The van der Waals surface area contributed by atoms with Gasteiger partial charge in [-0.3, -0.25) is 0 Å². The predicted molar refractivity (Wildman–Crippen MR) is 58.1 cm³/mol. The van der Waals surface area contributed by atoms with Crippen LogP contribution in [-0.4, -0.2) is 6.29 Å². The molecule has 0 aliphatic carbocycles. The van der Waals surface area contributed by atoms with Crippen molar-refractivity contribution in [3.05, 3.63) is 33.0 Å². The van der Waals surface area contributed by atoms with Gasteiger partial charge in [-0.2, -0.15) is 0 Å². The molecule has 0 aliphatic rings. The van der Waals surface area contributed by atoms with Crippen molar-refractivity contribution in [1.29, 1.82) is 0 Å². The van der Waals surface area contributed by atoms with E-state index in [-0.39, 0.29) is 5.82 Å². The van der Waals surface area contributed by atoms with E-state index >= 15 is 0 Å². The maximum absolute atomic E-state index is 13.1. The van der Waals surface area contributed by atoms with E-state index in [1.54, 1.807) is 0 Å². The Morgan fingerprint density at radius 2 is 2.21 bits per heavy atom. The molecule has 14 heavy (non-hydrogen) atoms. The zero-order valence-corrected chi connectivity index (χ0v) is 9.74. The summed E-state index contributed by atoms with van der Waals surface area (Å²) in [7, 11) is 0. The zero-order valence-electron chi connectivity index (χ0n) is 7.40. The minimum absolute atomic E-state index is 0.324. The van der Waals surface area contributed by atoms with Gasteiger partial charge in [0, 0.05) is 11.4 Å². The van der Waals surface area contributed by atoms with Crippen LogP contribution in [0.2, 0.25) is 5.02 Å². The number of benzene rings is 1. The maximum Gasteiger partial charge on any atom is 0.137 e. The first-order chi connectivity index (χ1) is 6.65. The molecular weight excluding hydrogens is 270 g/mol. The van der Waals surface area contributed by atoms with Crippen LogP contribution >= 0.6 is 27.5 Å². The van der Waals surface area contributed by atoms with Crippen LogP contribution < -0.4 is 0 Å². The summed E-state index contributed by atoms with van der Waals surface area (Å²) in [6.07, 6.45) is 2.66. The van der Waals surface area contributed by atoms with Crippen LogP contribution in [0.4, 0.5) is 4.39 Å². The Labute approximate surface area is 95.4 Å². The summed E-state index contributed by atoms with van der Waals surface area (Å²) in [6.45, 7) is 0. The van der Waals surface area contributed by atoms with Crippen molar-refractivity contribution >= 4 is 33.8 Å². The topological polar surface area (TPSA) is 17.1 Å². The number of hydrogen-bond acceptors (Lipinski definition) is 1. The third kappa shape index (κ3) is 3.07. The van der Waals surface area contributed by atoms with Crippen LogP contribution in [0.25, 0.3) is 0 Å². The van der Waals surface area contributed by atoms with Crippen LogP contribution in [0.3, 0.4) is 0 Å². The Kier molecular flexibility index (Phi) is 4.55. The highest BCUT2D eigenvalue weighted by atomic mass is 79.9. The zero-order chi connectivity index (χ0) is 10.6. The molecule has 0 heterocycles. The first-order valence-electron chi connectivity index (χ1n) is 4.22. The second-order valence-corrected chi connectivity index (χ2v) is 4.18. The average molecular weight is 280 g/mol. The van der Waals surface area contributed by atoms with E-state index in [1.165, 1.54) is 12.1 Å². The van der Waals surface area contributed by atoms with Gasteiger partial charge in [0.15, 0.2) is 0 Å². The fraction of sp³-hybridized carbons (Fsp3) is 0.300. The summed E-state index contributed by atoms with van der Waals surface area (Å²) in [5.74, 6) is -0.324. The van der Waals surface area contributed by atoms with Crippen LogP contribution in [0.5, 0.6) is 0 Å². The molecule has 0 amide bonds. The second kappa shape index (κ2) is 5.47. The van der Waals surface area contributed by atoms with Gasteiger partial charge in [0.1, 0.15) is 12.1 Å². The van der Waals surface area contributed by atoms with Crippen molar-refractivity contribution in [2.24, 2.45) is 0 Å². The predicted octanol–water partition coefficient (Wildman–Crippen LogP) is 3.76. The highest BCUT2D eigenvalue weighted by molar-refractivity contribution is 9.10. The summed E-state index contributed by atoms with van der Waals surface area (Å²) in [5, 5.41) is 0.532. The molecular formula is C10H9BrClFO. The molecule has 1 nitrogen and oxygen atoms in total. The van der Waals surface area contributed by atoms with Gasteiger partial charge in [0.25, 0.3) is 0 Å². The fourth-order valence-corrected chi connectivity index (χ4v) is 1.86. The monoisotopic (exact) mass is 278 g/mol. The Balaban J connectivity index is 2.76. The molecule has 0 saturated carbocycles. The molecule has 0 bridgehead atoms. The van der Waals surface area contributed by atoms with E-state index < -0.39 is 0 Å². The molecule has 0 saturated heterocycles. The van der Waals surface area contributed by atoms with Gasteiger partial charge in [-0.1, -0.05) is 11.6 Å². The van der Waals surface area contributed by atoms with E-state index in [2.05, 4.69) is 15.9 Å². The van der Waals surface area contributed by atoms with Gasteiger partial charge in [0.2, 0.25) is 0 Å². The lowest BCUT2D eigenvalue weighted by Gasteiger charge is -2.04. The van der Waals surface area contributed by atoms with Gasteiger partial charge >= 0.3 is 0 Å². The number of aldehydes is 1. The Bertz CT molecular complexity index is 341. The quantitative estimate of drug-likeness (QED) is 0.466. The minimum atomic E-state index is -0.324. The summed E-state index contributed by atoms with van der Waals surface area (Å²) >= 11 is 8.94. The van der Waals surface area contributed by atoms with Crippen LogP contribution in [-0.2, 0) is 11.2 Å². The number of halogens is 3. The Morgan fingerprint density at radius 1 is 1.50 bits per heavy atom. The molecule has 4 heteroatoms. The van der Waals surface area contributed by atoms with Gasteiger partial charge in [-0.25, -0.2) is 4.39 Å². The Morgan fingerprint density at radius 3 is 2.86 bits per heavy atom. The van der Waals surface area contributed by atoms with Crippen molar-refractivity contribution in [2.45, 2.75) is 19.3 Å². The number of rotatable bonds is 4. The summed E-state index contributed by atoms with van der Waals surface area (Å²) in [4.78, 5) is 10.1. The standard InChI is InChI=1S/C10H9BrClFO/c11-8-6-9(12)7(5-10(8)13)3-1-2-4-14/h4-6H,1-3H2. The van der Waals surface area contributed by atoms with Crippen molar-refractivity contribution < 1.29 is 9.18 Å². The van der Waals surface area contributed by atoms with Crippen molar-refractivity contribution in [3.63, 3.8) is 0 Å². The smallest absolute Gasteiger partial charge is 0.137 e. The molecule has 0 aliphatic heterocycles. The van der Waals surface area contributed by atoms with Crippen LogP contribution in [0, 0.1) is 5.82 Å². The molecule has 0 fully saturated rings. The second-order valence-electron chi connectivity index (χ2n) is 2.92. The number of unbranched alkanes of at least 4 members (excludes halogenated alkanes) is 1. The lowest BCUT2D eigenvalue weighted by atomic mass is 10.1. The highest BCUT2D eigenvalue weighted by Crippen LogP contribution is 2.25. The van der Waals surface area contributed by atoms with Crippen LogP contribution in [0.1, 0.15) is 18.4 Å². The molecule has 0 radical (unpaired) electrons. The molecule has 0 N–H and O–H groups in total. The number of carbonyl (C=O) groups excluding carboxylic acids is 1. The normalized spacial score (nSPS) is 10.2. The van der Waals surface area contributed by atoms with E-state index in [0.29, 0.717) is 28.8 Å². The molecule has 0 aromatic heterocycles.